The first-order valence-corrected chi connectivity index (χ1v) is 7.95. The zero-order chi connectivity index (χ0) is 16.8. The highest BCUT2D eigenvalue weighted by Crippen LogP contribution is 2.27. The van der Waals surface area contributed by atoms with Gasteiger partial charge in [-0.3, -0.25) is 4.79 Å². The molecular weight excluding hydrogens is 324 g/mol. The predicted molar refractivity (Wildman–Crippen MR) is 101 cm³/mol. The van der Waals surface area contributed by atoms with E-state index in [4.69, 9.17) is 10.5 Å². The molecule has 2 aromatic rings. The van der Waals surface area contributed by atoms with Crippen molar-refractivity contribution in [2.24, 2.45) is 0 Å². The standard InChI is InChI=1S/C19H24N2O2.ClH/c1-4-17(15-8-6-7-9-18(15)23-5-2)21-19(22)16-12-14(20)11-10-13(16)3;/h6-12,17H,4-5,20H2,1-3H3,(H,21,22);1H. The van der Waals surface area contributed by atoms with E-state index in [1.54, 1.807) is 12.1 Å². The number of hydrogen-bond acceptors (Lipinski definition) is 3. The van der Waals surface area contributed by atoms with E-state index in [1.807, 2.05) is 51.1 Å². The Labute approximate surface area is 149 Å². The van der Waals surface area contributed by atoms with Gasteiger partial charge in [0.1, 0.15) is 5.75 Å². The Morgan fingerprint density at radius 3 is 2.58 bits per heavy atom. The summed E-state index contributed by atoms with van der Waals surface area (Å²) in [7, 11) is 0. The molecular formula is C19H25ClN2O2. The third-order valence-electron chi connectivity index (χ3n) is 3.81. The Morgan fingerprint density at radius 1 is 1.21 bits per heavy atom. The summed E-state index contributed by atoms with van der Waals surface area (Å²) in [6.45, 7) is 6.49. The average molecular weight is 349 g/mol. The summed E-state index contributed by atoms with van der Waals surface area (Å²) < 4.78 is 5.68. The van der Waals surface area contributed by atoms with Gasteiger partial charge in [0, 0.05) is 16.8 Å². The zero-order valence-corrected chi connectivity index (χ0v) is 15.2. The summed E-state index contributed by atoms with van der Waals surface area (Å²) in [5.74, 6) is 0.694. The van der Waals surface area contributed by atoms with Crippen molar-refractivity contribution in [3.05, 3.63) is 59.2 Å². The summed E-state index contributed by atoms with van der Waals surface area (Å²) in [6.07, 6.45) is 0.775. The number of hydrogen-bond donors (Lipinski definition) is 2. The van der Waals surface area contributed by atoms with E-state index >= 15 is 0 Å². The fourth-order valence-electron chi connectivity index (χ4n) is 2.58. The largest absolute Gasteiger partial charge is 0.494 e. The lowest BCUT2D eigenvalue weighted by Gasteiger charge is -2.21. The number of carbonyl (C=O) groups is 1. The first kappa shape index (κ1) is 19.8. The van der Waals surface area contributed by atoms with E-state index in [1.165, 1.54) is 0 Å². The average Bonchev–Trinajstić information content (AvgIpc) is 2.55. The van der Waals surface area contributed by atoms with Crippen molar-refractivity contribution in [3.63, 3.8) is 0 Å². The molecule has 130 valence electrons. The Bertz CT molecular complexity index is 689. The lowest BCUT2D eigenvalue weighted by molar-refractivity contribution is 0.0934. The van der Waals surface area contributed by atoms with E-state index in [0.717, 1.165) is 23.3 Å². The SMILES string of the molecule is CCOc1ccccc1C(CC)NC(=O)c1cc(N)ccc1C.Cl. The number of halogens is 1. The molecule has 1 unspecified atom stereocenters. The monoisotopic (exact) mass is 348 g/mol. The van der Waals surface area contributed by atoms with Crippen LogP contribution in [0.3, 0.4) is 0 Å². The molecule has 0 fully saturated rings. The molecule has 4 nitrogen and oxygen atoms in total. The number of amides is 1. The van der Waals surface area contributed by atoms with Crippen LogP contribution in [0, 0.1) is 6.92 Å². The van der Waals surface area contributed by atoms with Crippen LogP contribution in [0.5, 0.6) is 5.75 Å². The molecule has 0 saturated heterocycles. The van der Waals surface area contributed by atoms with Crippen molar-refractivity contribution in [1.29, 1.82) is 0 Å². The van der Waals surface area contributed by atoms with Gasteiger partial charge in [-0.1, -0.05) is 31.2 Å². The van der Waals surface area contributed by atoms with Crippen molar-refractivity contribution in [2.45, 2.75) is 33.2 Å². The minimum Gasteiger partial charge on any atom is -0.494 e. The molecule has 24 heavy (non-hydrogen) atoms. The predicted octanol–water partition coefficient (Wildman–Crippen LogP) is 4.28. The molecule has 0 aromatic heterocycles. The maximum absolute atomic E-state index is 12.6. The Morgan fingerprint density at radius 2 is 1.92 bits per heavy atom. The molecule has 0 aliphatic carbocycles. The highest BCUT2D eigenvalue weighted by Gasteiger charge is 2.18. The van der Waals surface area contributed by atoms with Gasteiger partial charge in [-0.15, -0.1) is 12.4 Å². The number of benzene rings is 2. The molecule has 0 heterocycles. The minimum atomic E-state index is -0.118. The molecule has 1 atom stereocenters. The Hall–Kier alpha value is -2.20. The maximum Gasteiger partial charge on any atom is 0.252 e. The van der Waals surface area contributed by atoms with E-state index in [-0.39, 0.29) is 24.4 Å². The number of carbonyl (C=O) groups excluding carboxylic acids is 1. The highest BCUT2D eigenvalue weighted by atomic mass is 35.5. The first-order chi connectivity index (χ1) is 11.1. The second kappa shape index (κ2) is 9.18. The molecule has 2 aromatic carbocycles. The van der Waals surface area contributed by atoms with Gasteiger partial charge >= 0.3 is 0 Å². The molecule has 0 bridgehead atoms. The highest BCUT2D eigenvalue weighted by molar-refractivity contribution is 5.96. The number of ether oxygens (including phenoxy) is 1. The summed E-state index contributed by atoms with van der Waals surface area (Å²) in [5.41, 5.74) is 8.90. The van der Waals surface area contributed by atoms with E-state index in [2.05, 4.69) is 5.32 Å². The third-order valence-corrected chi connectivity index (χ3v) is 3.81. The van der Waals surface area contributed by atoms with Crippen LogP contribution in [-0.2, 0) is 0 Å². The van der Waals surface area contributed by atoms with Crippen LogP contribution < -0.4 is 15.8 Å². The lowest BCUT2D eigenvalue weighted by Crippen LogP contribution is -2.29. The first-order valence-electron chi connectivity index (χ1n) is 7.95. The maximum atomic E-state index is 12.6. The number of aryl methyl sites for hydroxylation is 1. The van der Waals surface area contributed by atoms with Crippen LogP contribution in [0.15, 0.2) is 42.5 Å². The molecule has 2 rings (SSSR count). The number of rotatable bonds is 6. The van der Waals surface area contributed by atoms with Crippen molar-refractivity contribution < 1.29 is 9.53 Å². The lowest BCUT2D eigenvalue weighted by atomic mass is 10.0. The van der Waals surface area contributed by atoms with Gasteiger partial charge in [0.15, 0.2) is 0 Å². The van der Waals surface area contributed by atoms with Crippen molar-refractivity contribution >= 4 is 24.0 Å². The number of nitrogens with one attached hydrogen (secondary N) is 1. The van der Waals surface area contributed by atoms with Crippen molar-refractivity contribution in [2.75, 3.05) is 12.3 Å². The van der Waals surface area contributed by atoms with Crippen LogP contribution in [0.4, 0.5) is 5.69 Å². The molecule has 0 aliphatic heterocycles. The molecule has 5 heteroatoms. The summed E-state index contributed by atoms with van der Waals surface area (Å²) in [6, 6.07) is 13.1. The molecule has 0 spiro atoms. The molecule has 0 saturated carbocycles. The van der Waals surface area contributed by atoms with Crippen LogP contribution in [0.2, 0.25) is 0 Å². The second-order valence-electron chi connectivity index (χ2n) is 5.48. The minimum absolute atomic E-state index is 0. The molecule has 3 N–H and O–H groups in total. The van der Waals surface area contributed by atoms with Gasteiger partial charge in [0.05, 0.1) is 12.6 Å². The Balaban J connectivity index is 0.00000288. The smallest absolute Gasteiger partial charge is 0.252 e. The van der Waals surface area contributed by atoms with Gasteiger partial charge in [0.2, 0.25) is 0 Å². The second-order valence-corrected chi connectivity index (χ2v) is 5.48. The van der Waals surface area contributed by atoms with Gasteiger partial charge in [0.25, 0.3) is 5.91 Å². The number of para-hydroxylation sites is 1. The third kappa shape index (κ3) is 4.65. The van der Waals surface area contributed by atoms with Gasteiger partial charge < -0.3 is 15.8 Å². The summed E-state index contributed by atoms with van der Waals surface area (Å²) >= 11 is 0. The van der Waals surface area contributed by atoms with Crippen LogP contribution in [0.1, 0.15) is 47.8 Å². The van der Waals surface area contributed by atoms with Crippen molar-refractivity contribution in [1.82, 2.24) is 5.32 Å². The molecule has 1 amide bonds. The summed E-state index contributed by atoms with van der Waals surface area (Å²) in [4.78, 5) is 12.6. The summed E-state index contributed by atoms with van der Waals surface area (Å²) in [5, 5.41) is 3.09. The zero-order valence-electron chi connectivity index (χ0n) is 14.3. The number of nitrogen functional groups attached to an aromatic ring is 1. The van der Waals surface area contributed by atoms with Crippen LogP contribution in [0.25, 0.3) is 0 Å². The topological polar surface area (TPSA) is 64.3 Å². The normalized spacial score (nSPS) is 11.3. The van der Waals surface area contributed by atoms with E-state index in [0.29, 0.717) is 17.9 Å². The van der Waals surface area contributed by atoms with E-state index < -0.39 is 0 Å². The van der Waals surface area contributed by atoms with Gasteiger partial charge in [-0.2, -0.15) is 0 Å². The van der Waals surface area contributed by atoms with Crippen molar-refractivity contribution in [3.8, 4) is 5.75 Å². The number of nitrogens with two attached hydrogens (primary N) is 1. The Kier molecular flexibility index (Phi) is 7.59. The van der Waals surface area contributed by atoms with E-state index in [9.17, 15) is 4.79 Å². The quantitative estimate of drug-likeness (QED) is 0.766. The van der Waals surface area contributed by atoms with Gasteiger partial charge in [-0.25, -0.2) is 0 Å². The fraction of sp³-hybridized carbons (Fsp3) is 0.316. The number of anilines is 1. The molecule has 0 aliphatic rings. The van der Waals surface area contributed by atoms with Crippen LogP contribution in [-0.4, -0.2) is 12.5 Å². The molecule has 0 radical (unpaired) electrons. The van der Waals surface area contributed by atoms with Gasteiger partial charge in [-0.05, 0) is 44.0 Å². The van der Waals surface area contributed by atoms with Crippen LogP contribution >= 0.6 is 12.4 Å². The fourth-order valence-corrected chi connectivity index (χ4v) is 2.58.